The van der Waals surface area contributed by atoms with Gasteiger partial charge in [-0.15, -0.1) is 0 Å². The molecule has 2 heterocycles. The van der Waals surface area contributed by atoms with Crippen molar-refractivity contribution in [2.45, 2.75) is 25.6 Å². The minimum atomic E-state index is 0.269. The fourth-order valence-corrected chi connectivity index (χ4v) is 4.51. The van der Waals surface area contributed by atoms with Crippen molar-refractivity contribution in [3.05, 3.63) is 114 Å². The number of nitrogens with zero attached hydrogens (tertiary/aromatic N) is 2. The van der Waals surface area contributed by atoms with E-state index in [0.29, 0.717) is 12.5 Å². The minimum Gasteiger partial charge on any atom is -0.492 e. The number of benzene rings is 3. The van der Waals surface area contributed by atoms with Crippen LogP contribution in [0.2, 0.25) is 0 Å². The Morgan fingerprint density at radius 1 is 0.848 bits per heavy atom. The summed E-state index contributed by atoms with van der Waals surface area (Å²) in [7, 11) is 1.64. The molecule has 1 atom stereocenters. The third-order valence-corrected chi connectivity index (χ3v) is 6.23. The van der Waals surface area contributed by atoms with Crippen LogP contribution >= 0.6 is 0 Å². The van der Waals surface area contributed by atoms with Crippen molar-refractivity contribution in [3.8, 4) is 22.8 Å². The number of hydrogen-bond acceptors (Lipinski definition) is 4. The van der Waals surface area contributed by atoms with Gasteiger partial charge in [-0.3, -0.25) is 4.90 Å². The van der Waals surface area contributed by atoms with E-state index in [4.69, 9.17) is 9.47 Å². The SMILES string of the molecule is COc1ccc(-c2cccc3c2C[C@H](N(Cc2ccccc2)Cc2ccccc2)CO3)cn1. The van der Waals surface area contributed by atoms with Gasteiger partial charge in [0.15, 0.2) is 0 Å². The standard InChI is InChI=1S/C29H28N2O2/c1-32-29-16-15-24(18-30-29)26-13-8-14-28-27(26)17-25(21-33-28)31(19-22-9-4-2-5-10-22)20-23-11-6-3-7-12-23/h2-16,18,25H,17,19-21H2,1H3/t25-/m0/s1. The average Bonchev–Trinajstić information content (AvgIpc) is 2.89. The van der Waals surface area contributed by atoms with Crippen molar-refractivity contribution in [1.82, 2.24) is 9.88 Å². The highest BCUT2D eigenvalue weighted by molar-refractivity contribution is 5.70. The number of fused-ring (bicyclic) bond motifs is 1. The monoisotopic (exact) mass is 436 g/mol. The summed E-state index contributed by atoms with van der Waals surface area (Å²) < 4.78 is 11.5. The van der Waals surface area contributed by atoms with Crippen LogP contribution in [-0.4, -0.2) is 29.6 Å². The smallest absolute Gasteiger partial charge is 0.212 e. The first kappa shape index (κ1) is 21.2. The molecule has 0 spiro atoms. The quantitative estimate of drug-likeness (QED) is 0.369. The van der Waals surface area contributed by atoms with Crippen LogP contribution in [-0.2, 0) is 19.5 Å². The molecule has 33 heavy (non-hydrogen) atoms. The van der Waals surface area contributed by atoms with Crippen LogP contribution in [0.5, 0.6) is 11.6 Å². The van der Waals surface area contributed by atoms with E-state index in [1.165, 1.54) is 22.3 Å². The lowest BCUT2D eigenvalue weighted by Crippen LogP contribution is -2.42. The Labute approximate surface area is 195 Å². The van der Waals surface area contributed by atoms with Gasteiger partial charge in [-0.2, -0.15) is 0 Å². The molecule has 0 fully saturated rings. The molecule has 3 aromatic carbocycles. The number of hydrogen-bond donors (Lipinski definition) is 0. The predicted molar refractivity (Wildman–Crippen MR) is 131 cm³/mol. The highest BCUT2D eigenvalue weighted by Gasteiger charge is 2.28. The van der Waals surface area contributed by atoms with Gasteiger partial charge in [0, 0.05) is 42.5 Å². The third-order valence-electron chi connectivity index (χ3n) is 6.23. The molecule has 1 aromatic heterocycles. The van der Waals surface area contributed by atoms with Gasteiger partial charge < -0.3 is 9.47 Å². The van der Waals surface area contributed by atoms with Gasteiger partial charge in [-0.1, -0.05) is 72.8 Å². The molecule has 0 saturated heterocycles. The maximum atomic E-state index is 6.31. The Bertz CT molecular complexity index is 1140. The maximum absolute atomic E-state index is 6.31. The number of aromatic nitrogens is 1. The molecule has 4 heteroatoms. The summed E-state index contributed by atoms with van der Waals surface area (Å²) in [5.41, 5.74) is 6.12. The summed E-state index contributed by atoms with van der Waals surface area (Å²) in [4.78, 5) is 6.95. The van der Waals surface area contributed by atoms with E-state index < -0.39 is 0 Å². The Morgan fingerprint density at radius 3 is 2.15 bits per heavy atom. The van der Waals surface area contributed by atoms with Gasteiger partial charge >= 0.3 is 0 Å². The average molecular weight is 437 g/mol. The summed E-state index contributed by atoms with van der Waals surface area (Å²) in [6.45, 7) is 2.44. The summed E-state index contributed by atoms with van der Waals surface area (Å²) in [6, 6.07) is 31.9. The highest BCUT2D eigenvalue weighted by atomic mass is 16.5. The van der Waals surface area contributed by atoms with Crippen LogP contribution < -0.4 is 9.47 Å². The topological polar surface area (TPSA) is 34.6 Å². The normalized spacial score (nSPS) is 15.0. The van der Waals surface area contributed by atoms with E-state index in [2.05, 4.69) is 94.8 Å². The number of rotatable bonds is 7. The first-order valence-corrected chi connectivity index (χ1v) is 11.4. The molecular formula is C29H28N2O2. The Kier molecular flexibility index (Phi) is 6.36. The molecule has 0 N–H and O–H groups in total. The molecule has 166 valence electrons. The lowest BCUT2D eigenvalue weighted by Gasteiger charge is -2.36. The number of pyridine rings is 1. The van der Waals surface area contributed by atoms with Gasteiger partial charge in [0.25, 0.3) is 0 Å². The molecule has 4 aromatic rings. The van der Waals surface area contributed by atoms with Crippen molar-refractivity contribution in [1.29, 1.82) is 0 Å². The van der Waals surface area contributed by atoms with Crippen molar-refractivity contribution in [3.63, 3.8) is 0 Å². The third kappa shape index (κ3) is 4.91. The lowest BCUT2D eigenvalue weighted by atomic mass is 9.92. The molecule has 1 aliphatic rings. The second kappa shape index (κ2) is 9.88. The summed E-state index contributed by atoms with van der Waals surface area (Å²) in [6.07, 6.45) is 2.81. The second-order valence-electron chi connectivity index (χ2n) is 8.42. The van der Waals surface area contributed by atoms with Crippen LogP contribution in [0, 0.1) is 0 Å². The molecule has 0 unspecified atom stereocenters. The van der Waals surface area contributed by atoms with Gasteiger partial charge in [-0.25, -0.2) is 4.98 Å². The molecule has 0 radical (unpaired) electrons. The van der Waals surface area contributed by atoms with E-state index >= 15 is 0 Å². The van der Waals surface area contributed by atoms with Gasteiger partial charge in [0.05, 0.1) is 7.11 Å². The predicted octanol–water partition coefficient (Wildman–Crippen LogP) is 5.76. The fourth-order valence-electron chi connectivity index (χ4n) is 4.51. The summed E-state index contributed by atoms with van der Waals surface area (Å²) in [5, 5.41) is 0. The van der Waals surface area contributed by atoms with Gasteiger partial charge in [0.1, 0.15) is 12.4 Å². The van der Waals surface area contributed by atoms with Crippen molar-refractivity contribution in [2.75, 3.05) is 13.7 Å². The molecule has 0 amide bonds. The minimum absolute atomic E-state index is 0.269. The van der Waals surface area contributed by atoms with Gasteiger partial charge in [-0.05, 0) is 35.2 Å². The van der Waals surface area contributed by atoms with E-state index in [1.807, 2.05) is 12.3 Å². The molecule has 0 saturated carbocycles. The van der Waals surface area contributed by atoms with Crippen molar-refractivity contribution in [2.24, 2.45) is 0 Å². The summed E-state index contributed by atoms with van der Waals surface area (Å²) >= 11 is 0. The van der Waals surface area contributed by atoms with E-state index in [1.54, 1.807) is 7.11 Å². The fraction of sp³-hybridized carbons (Fsp3) is 0.207. The highest BCUT2D eigenvalue weighted by Crippen LogP contribution is 2.36. The van der Waals surface area contributed by atoms with Crippen LogP contribution in [0.3, 0.4) is 0 Å². The maximum Gasteiger partial charge on any atom is 0.212 e. The number of methoxy groups -OCH3 is 1. The molecule has 4 nitrogen and oxygen atoms in total. The Hall–Kier alpha value is -3.63. The van der Waals surface area contributed by atoms with Crippen LogP contribution in [0.4, 0.5) is 0 Å². The van der Waals surface area contributed by atoms with Crippen LogP contribution in [0.1, 0.15) is 16.7 Å². The van der Waals surface area contributed by atoms with E-state index in [0.717, 1.165) is 30.8 Å². The first-order valence-electron chi connectivity index (χ1n) is 11.4. The lowest BCUT2D eigenvalue weighted by molar-refractivity contribution is 0.106. The molecule has 5 rings (SSSR count). The van der Waals surface area contributed by atoms with Crippen molar-refractivity contribution >= 4 is 0 Å². The van der Waals surface area contributed by atoms with E-state index in [9.17, 15) is 0 Å². The molecule has 1 aliphatic heterocycles. The Morgan fingerprint density at radius 2 is 1.55 bits per heavy atom. The zero-order valence-corrected chi connectivity index (χ0v) is 18.9. The zero-order chi connectivity index (χ0) is 22.5. The summed E-state index contributed by atoms with van der Waals surface area (Å²) in [5.74, 6) is 1.59. The van der Waals surface area contributed by atoms with Gasteiger partial charge in [0.2, 0.25) is 5.88 Å². The largest absolute Gasteiger partial charge is 0.492 e. The molecule has 0 aliphatic carbocycles. The van der Waals surface area contributed by atoms with E-state index in [-0.39, 0.29) is 6.04 Å². The van der Waals surface area contributed by atoms with Crippen LogP contribution in [0.25, 0.3) is 11.1 Å². The molecular weight excluding hydrogens is 408 g/mol. The van der Waals surface area contributed by atoms with Crippen molar-refractivity contribution < 1.29 is 9.47 Å². The Balaban J connectivity index is 1.45. The second-order valence-corrected chi connectivity index (χ2v) is 8.42. The zero-order valence-electron chi connectivity index (χ0n) is 18.9. The van der Waals surface area contributed by atoms with Crippen LogP contribution in [0.15, 0.2) is 97.2 Å². The molecule has 0 bridgehead atoms. The first-order chi connectivity index (χ1) is 16.3. The number of ether oxygens (including phenoxy) is 2.